The number of hydrogen-bond acceptors (Lipinski definition) is 3. The highest BCUT2D eigenvalue weighted by Crippen LogP contribution is 2.23. The van der Waals surface area contributed by atoms with E-state index in [1.165, 1.54) is 18.2 Å². The number of anilines is 1. The van der Waals surface area contributed by atoms with Crippen LogP contribution in [0.1, 0.15) is 20.7 Å². The van der Waals surface area contributed by atoms with Crippen molar-refractivity contribution >= 4 is 23.3 Å². The molecule has 1 aliphatic heterocycles. The minimum absolute atomic E-state index is 0.200. The van der Waals surface area contributed by atoms with Gasteiger partial charge in [-0.25, -0.2) is 0 Å². The van der Waals surface area contributed by atoms with Crippen molar-refractivity contribution in [3.63, 3.8) is 0 Å². The van der Waals surface area contributed by atoms with Crippen molar-refractivity contribution in [2.75, 3.05) is 5.32 Å². The zero-order valence-corrected chi connectivity index (χ0v) is 7.03. The topological polar surface area (TPSA) is 89.3 Å². The van der Waals surface area contributed by atoms with Gasteiger partial charge in [-0.05, 0) is 18.2 Å². The van der Waals surface area contributed by atoms with E-state index in [2.05, 4.69) is 5.32 Å². The first kappa shape index (κ1) is 8.43. The third kappa shape index (κ3) is 1.06. The Bertz CT molecular complexity index is 465. The van der Waals surface area contributed by atoms with E-state index >= 15 is 0 Å². The van der Waals surface area contributed by atoms with Gasteiger partial charge in [0.1, 0.15) is 0 Å². The van der Waals surface area contributed by atoms with Crippen molar-refractivity contribution in [2.45, 2.75) is 0 Å². The molecule has 3 N–H and O–H groups in total. The third-order valence-corrected chi connectivity index (χ3v) is 2.00. The fraction of sp³-hybridized carbons (Fsp3) is 0. The van der Waals surface area contributed by atoms with Gasteiger partial charge in [-0.15, -0.1) is 0 Å². The molecule has 0 atom stereocenters. The number of hydrogen-bond donors (Lipinski definition) is 2. The molecular formula is C9H6N2O3. The number of amides is 2. The Morgan fingerprint density at radius 3 is 2.64 bits per heavy atom. The number of benzene rings is 1. The van der Waals surface area contributed by atoms with Crippen LogP contribution in [-0.4, -0.2) is 17.6 Å². The van der Waals surface area contributed by atoms with Crippen LogP contribution in [0.4, 0.5) is 5.69 Å². The van der Waals surface area contributed by atoms with Gasteiger partial charge in [-0.1, -0.05) is 0 Å². The van der Waals surface area contributed by atoms with Crippen LogP contribution >= 0.6 is 0 Å². The summed E-state index contributed by atoms with van der Waals surface area (Å²) in [7, 11) is 0. The first-order chi connectivity index (χ1) is 6.59. The third-order valence-electron chi connectivity index (χ3n) is 2.00. The van der Waals surface area contributed by atoms with Gasteiger partial charge in [0.2, 0.25) is 5.91 Å². The van der Waals surface area contributed by atoms with E-state index in [1.54, 1.807) is 0 Å². The van der Waals surface area contributed by atoms with Gasteiger partial charge in [-0.3, -0.25) is 14.4 Å². The Balaban J connectivity index is 2.57. The highest BCUT2D eigenvalue weighted by Gasteiger charge is 2.28. The molecule has 0 aliphatic carbocycles. The summed E-state index contributed by atoms with van der Waals surface area (Å²) in [6, 6.07) is 4.26. The molecule has 1 aromatic carbocycles. The Labute approximate surface area is 78.9 Å². The SMILES string of the molecule is NC(=O)c1ccc2c(c1)C(=O)C(=O)N2. The maximum atomic E-state index is 11.2. The Hall–Kier alpha value is -2.17. The number of ketones is 1. The predicted octanol–water partition coefficient (Wildman–Crippen LogP) is -0.0797. The standard InChI is InChI=1S/C9H6N2O3/c10-8(13)4-1-2-6-5(3-4)7(12)9(14)11-6/h1-3H,(H2,10,13)(H,11,12,14). The number of primary amides is 1. The maximum Gasteiger partial charge on any atom is 0.296 e. The Morgan fingerprint density at radius 1 is 1.29 bits per heavy atom. The molecule has 0 radical (unpaired) electrons. The van der Waals surface area contributed by atoms with Gasteiger partial charge in [-0.2, -0.15) is 0 Å². The lowest BCUT2D eigenvalue weighted by molar-refractivity contribution is -0.112. The summed E-state index contributed by atoms with van der Waals surface area (Å²) in [5.74, 6) is -1.94. The number of carbonyl (C=O) groups excluding carboxylic acids is 3. The maximum absolute atomic E-state index is 11.2. The second-order valence-corrected chi connectivity index (χ2v) is 2.91. The summed E-state index contributed by atoms with van der Waals surface area (Å²) in [5, 5.41) is 2.37. The minimum Gasteiger partial charge on any atom is -0.366 e. The summed E-state index contributed by atoms with van der Waals surface area (Å²) < 4.78 is 0. The van der Waals surface area contributed by atoms with Crippen LogP contribution in [0.15, 0.2) is 18.2 Å². The molecular weight excluding hydrogens is 184 g/mol. The molecule has 0 unspecified atom stereocenters. The Morgan fingerprint density at radius 2 is 2.00 bits per heavy atom. The molecule has 2 rings (SSSR count). The number of rotatable bonds is 1. The van der Waals surface area contributed by atoms with Crippen LogP contribution in [0, 0.1) is 0 Å². The number of nitrogens with one attached hydrogen (secondary N) is 1. The van der Waals surface area contributed by atoms with E-state index in [9.17, 15) is 14.4 Å². The van der Waals surface area contributed by atoms with Gasteiger partial charge in [0.15, 0.2) is 0 Å². The van der Waals surface area contributed by atoms with Gasteiger partial charge in [0.25, 0.3) is 11.7 Å². The average molecular weight is 190 g/mol. The fourth-order valence-electron chi connectivity index (χ4n) is 1.30. The number of Topliss-reactive ketones (excluding diaryl/α,β-unsaturated/α-hetero) is 1. The van der Waals surface area contributed by atoms with Crippen molar-refractivity contribution in [1.82, 2.24) is 0 Å². The van der Waals surface area contributed by atoms with Gasteiger partial charge >= 0.3 is 0 Å². The van der Waals surface area contributed by atoms with Crippen molar-refractivity contribution < 1.29 is 14.4 Å². The van der Waals surface area contributed by atoms with Gasteiger partial charge in [0.05, 0.1) is 11.3 Å². The lowest BCUT2D eigenvalue weighted by atomic mass is 10.1. The molecule has 2 amide bonds. The quantitative estimate of drug-likeness (QED) is 0.607. The molecule has 70 valence electrons. The molecule has 14 heavy (non-hydrogen) atoms. The zero-order chi connectivity index (χ0) is 10.3. The molecule has 1 aromatic rings. The van der Waals surface area contributed by atoms with E-state index in [1.807, 2.05) is 0 Å². The highest BCUT2D eigenvalue weighted by atomic mass is 16.2. The summed E-state index contributed by atoms with van der Waals surface area (Å²) in [6.45, 7) is 0. The summed E-state index contributed by atoms with van der Waals surface area (Å²) in [4.78, 5) is 32.9. The van der Waals surface area contributed by atoms with E-state index < -0.39 is 17.6 Å². The van der Waals surface area contributed by atoms with Crippen molar-refractivity contribution in [2.24, 2.45) is 5.73 Å². The van der Waals surface area contributed by atoms with Crippen LogP contribution < -0.4 is 11.1 Å². The molecule has 5 heteroatoms. The fourth-order valence-corrected chi connectivity index (χ4v) is 1.30. The van der Waals surface area contributed by atoms with Gasteiger partial charge < -0.3 is 11.1 Å². The van der Waals surface area contributed by atoms with E-state index in [-0.39, 0.29) is 11.1 Å². The summed E-state index contributed by atoms with van der Waals surface area (Å²) >= 11 is 0. The van der Waals surface area contributed by atoms with Crippen LogP contribution in [0.2, 0.25) is 0 Å². The van der Waals surface area contributed by atoms with Crippen molar-refractivity contribution in [3.8, 4) is 0 Å². The van der Waals surface area contributed by atoms with Crippen molar-refractivity contribution in [1.29, 1.82) is 0 Å². The molecule has 0 spiro atoms. The normalized spacial score (nSPS) is 13.7. The Kier molecular flexibility index (Phi) is 1.60. The molecule has 0 fully saturated rings. The monoisotopic (exact) mass is 190 g/mol. The average Bonchev–Trinajstić information content (AvgIpc) is 2.43. The molecule has 0 saturated heterocycles. The largest absolute Gasteiger partial charge is 0.366 e. The number of nitrogens with two attached hydrogens (primary N) is 1. The lowest BCUT2D eigenvalue weighted by Gasteiger charge is -1.98. The van der Waals surface area contributed by atoms with Crippen LogP contribution in [0.3, 0.4) is 0 Å². The van der Waals surface area contributed by atoms with Crippen LogP contribution in [0.25, 0.3) is 0 Å². The highest BCUT2D eigenvalue weighted by molar-refractivity contribution is 6.51. The molecule has 1 aliphatic rings. The van der Waals surface area contributed by atoms with E-state index in [0.29, 0.717) is 5.69 Å². The first-order valence-electron chi connectivity index (χ1n) is 3.89. The van der Waals surface area contributed by atoms with E-state index in [0.717, 1.165) is 0 Å². The summed E-state index contributed by atoms with van der Waals surface area (Å²) in [5.41, 5.74) is 5.87. The zero-order valence-electron chi connectivity index (χ0n) is 7.03. The van der Waals surface area contributed by atoms with Crippen molar-refractivity contribution in [3.05, 3.63) is 29.3 Å². The van der Waals surface area contributed by atoms with Crippen LogP contribution in [-0.2, 0) is 4.79 Å². The number of fused-ring (bicyclic) bond motifs is 1. The minimum atomic E-state index is -0.679. The molecule has 0 aromatic heterocycles. The summed E-state index contributed by atoms with van der Waals surface area (Å²) in [6.07, 6.45) is 0. The second-order valence-electron chi connectivity index (χ2n) is 2.91. The number of carbonyl (C=O) groups is 3. The van der Waals surface area contributed by atoms with Crippen LogP contribution in [0.5, 0.6) is 0 Å². The second kappa shape index (κ2) is 2.66. The predicted molar refractivity (Wildman–Crippen MR) is 47.9 cm³/mol. The molecule has 0 bridgehead atoms. The molecule has 5 nitrogen and oxygen atoms in total. The first-order valence-corrected chi connectivity index (χ1v) is 3.89. The molecule has 1 heterocycles. The smallest absolute Gasteiger partial charge is 0.296 e. The van der Waals surface area contributed by atoms with E-state index in [4.69, 9.17) is 5.73 Å². The van der Waals surface area contributed by atoms with Gasteiger partial charge in [0, 0.05) is 5.56 Å². The lowest BCUT2D eigenvalue weighted by Crippen LogP contribution is -2.13. The molecule has 0 saturated carbocycles.